The summed E-state index contributed by atoms with van der Waals surface area (Å²) in [6.45, 7) is 14.5. The van der Waals surface area contributed by atoms with E-state index in [1.54, 1.807) is 44.9 Å². The Labute approximate surface area is 486 Å². The van der Waals surface area contributed by atoms with Gasteiger partial charge in [0, 0.05) is 111 Å². The van der Waals surface area contributed by atoms with E-state index in [1.165, 1.54) is 9.91 Å². The second-order valence-electron chi connectivity index (χ2n) is 23.8. The van der Waals surface area contributed by atoms with Gasteiger partial charge in [0.2, 0.25) is 5.91 Å². The Hall–Kier alpha value is -7.10. The number of esters is 1. The van der Waals surface area contributed by atoms with Crippen molar-refractivity contribution in [2.45, 2.75) is 123 Å². The second kappa shape index (κ2) is 24.6. The van der Waals surface area contributed by atoms with Gasteiger partial charge in [0.1, 0.15) is 35.8 Å². The van der Waals surface area contributed by atoms with Crippen LogP contribution in [0.15, 0.2) is 91.4 Å². The van der Waals surface area contributed by atoms with Crippen LogP contribution in [0.5, 0.6) is 5.75 Å². The van der Waals surface area contributed by atoms with Crippen molar-refractivity contribution in [3.63, 3.8) is 0 Å². The number of cyclic esters (lactones) is 1. The van der Waals surface area contributed by atoms with Crippen LogP contribution in [0.1, 0.15) is 101 Å². The van der Waals surface area contributed by atoms with Crippen molar-refractivity contribution in [3.8, 4) is 39.3 Å². The van der Waals surface area contributed by atoms with Gasteiger partial charge < -0.3 is 34.1 Å². The zero-order valence-electron chi connectivity index (χ0n) is 48.8. The number of phenols is 1. The average molecular weight is 1150 g/mol. The van der Waals surface area contributed by atoms with Gasteiger partial charge in [-0.3, -0.25) is 34.1 Å². The average Bonchev–Trinajstić information content (AvgIpc) is 4.31. The number of sulfone groups is 1. The van der Waals surface area contributed by atoms with Crippen LogP contribution in [-0.4, -0.2) is 154 Å². The summed E-state index contributed by atoms with van der Waals surface area (Å²) in [7, 11) is 0.227. The van der Waals surface area contributed by atoms with E-state index in [0.717, 1.165) is 50.0 Å². The minimum atomic E-state index is -3.03. The summed E-state index contributed by atoms with van der Waals surface area (Å²) < 4.78 is 44.7. The molecule has 3 N–H and O–H groups in total. The van der Waals surface area contributed by atoms with Crippen LogP contribution >= 0.6 is 0 Å². The number of aromatic nitrogens is 4. The third-order valence-corrected chi connectivity index (χ3v) is 18.4. The predicted octanol–water partition coefficient (Wildman–Crippen LogP) is 7.19. The molecule has 3 fully saturated rings. The monoisotopic (exact) mass is 1150 g/mol. The number of fused-ring (bicyclic) bond motifs is 6. The van der Waals surface area contributed by atoms with E-state index in [1.807, 2.05) is 63.2 Å². The van der Waals surface area contributed by atoms with Crippen molar-refractivity contribution < 1.29 is 46.9 Å². The lowest BCUT2D eigenvalue weighted by Crippen LogP contribution is -2.62. The van der Waals surface area contributed by atoms with Crippen LogP contribution in [0.2, 0.25) is 0 Å². The minimum absolute atomic E-state index is 0.0356. The molecule has 6 atom stereocenters. The van der Waals surface area contributed by atoms with Gasteiger partial charge in [-0.15, -0.1) is 0 Å². The Morgan fingerprint density at radius 3 is 2.36 bits per heavy atom. The van der Waals surface area contributed by atoms with Gasteiger partial charge in [-0.05, 0) is 104 Å². The van der Waals surface area contributed by atoms with Crippen LogP contribution in [0.3, 0.4) is 0 Å². The number of carbonyl (C=O) groups excluding carboxylic acids is 4. The zero-order chi connectivity index (χ0) is 58.9. The largest absolute Gasteiger partial charge is 0.508 e. The molecule has 7 heterocycles. The van der Waals surface area contributed by atoms with E-state index >= 15 is 0 Å². The maximum atomic E-state index is 15.0. The van der Waals surface area contributed by atoms with E-state index in [2.05, 4.69) is 59.2 Å². The van der Waals surface area contributed by atoms with Gasteiger partial charge >= 0.3 is 5.97 Å². The molecule has 6 aromatic rings. The molecular formula is C63H77N9O10S. The Morgan fingerprint density at radius 2 is 1.65 bits per heavy atom. The highest BCUT2D eigenvalue weighted by molar-refractivity contribution is 7.91. The Morgan fingerprint density at radius 1 is 0.916 bits per heavy atom. The summed E-state index contributed by atoms with van der Waals surface area (Å²) in [6, 6.07) is 20.2. The molecule has 0 radical (unpaired) electrons. The zero-order valence-corrected chi connectivity index (χ0v) is 49.6. The fourth-order valence-corrected chi connectivity index (χ4v) is 13.6. The molecule has 10 rings (SSSR count). The summed E-state index contributed by atoms with van der Waals surface area (Å²) in [5.74, 6) is -1.63. The number of phenolic OH excluding ortho intramolecular Hbond substituents is 1. The lowest BCUT2D eigenvalue weighted by atomic mass is 9.83. The number of nitrogens with zero attached hydrogens (tertiary/aromatic N) is 7. The molecule has 0 aliphatic carbocycles. The van der Waals surface area contributed by atoms with Gasteiger partial charge in [0.25, 0.3) is 11.8 Å². The fraction of sp³-hybridized carbons (Fsp3) is 0.476. The number of aryl methyl sites for hydroxylation is 1. The lowest BCUT2D eigenvalue weighted by molar-refractivity contribution is -0.155. The molecule has 3 amide bonds. The number of amides is 3. The Bertz CT molecular complexity index is 3490. The number of methoxy groups -OCH3 is 1. The first kappa shape index (κ1) is 59.1. The van der Waals surface area contributed by atoms with E-state index in [4.69, 9.17) is 29.2 Å². The second-order valence-corrected chi connectivity index (χ2v) is 26.1. The van der Waals surface area contributed by atoms with Gasteiger partial charge in [-0.25, -0.2) is 23.8 Å². The molecule has 83 heavy (non-hydrogen) atoms. The Kier molecular flexibility index (Phi) is 17.5. The van der Waals surface area contributed by atoms with Crippen LogP contribution in [0.25, 0.3) is 44.4 Å². The number of hydrazine groups is 1. The summed E-state index contributed by atoms with van der Waals surface area (Å²) >= 11 is 0. The SMILES string of the molecule is CCn1c(-c2cc(-c3cnc(CN4CCS(=O)(=O)CC4)nc3)cnc2C(C)OC)c2c3cc(ccc31)-c1cc(O)cc(c1)CC(NC(=O)C(C(C)C)N(C)C(=O)C1OCCC1c1ccccc1)C(=O)N1CCCC(N1)C(=O)OCC(C)(C)C2. The molecule has 4 aliphatic rings. The number of ether oxygens (including phenoxy) is 3. The molecular weight excluding hydrogens is 1070 g/mol. The topological polar surface area (TPSA) is 228 Å². The summed E-state index contributed by atoms with van der Waals surface area (Å²) in [5.41, 5.74) is 11.4. The minimum Gasteiger partial charge on any atom is -0.508 e. The van der Waals surface area contributed by atoms with E-state index in [9.17, 15) is 32.7 Å². The number of aromatic hydroxyl groups is 1. The highest BCUT2D eigenvalue weighted by Gasteiger charge is 2.43. The maximum absolute atomic E-state index is 15.0. The first-order valence-corrected chi connectivity index (χ1v) is 30.8. The number of pyridine rings is 1. The van der Waals surface area contributed by atoms with Gasteiger partial charge in [-0.1, -0.05) is 70.2 Å². The highest BCUT2D eigenvalue weighted by atomic mass is 32.2. The summed E-state index contributed by atoms with van der Waals surface area (Å²) in [5, 5.41) is 17.0. The van der Waals surface area contributed by atoms with Crippen LogP contribution < -0.4 is 10.7 Å². The first-order chi connectivity index (χ1) is 39.7. The predicted molar refractivity (Wildman–Crippen MR) is 315 cm³/mol. The molecule has 20 heteroatoms. The number of likely N-dealkylation sites (N-methyl/N-ethyl adjacent to an activating group) is 1. The molecule has 19 nitrogen and oxygen atoms in total. The van der Waals surface area contributed by atoms with Crippen molar-refractivity contribution in [1.29, 1.82) is 0 Å². The maximum Gasteiger partial charge on any atom is 0.324 e. The van der Waals surface area contributed by atoms with Gasteiger partial charge in [0.05, 0.1) is 42.1 Å². The molecule has 6 bridgehead atoms. The molecule has 3 aromatic carbocycles. The number of carbonyl (C=O) groups is 4. The van der Waals surface area contributed by atoms with Crippen LogP contribution in [-0.2, 0) is 69.2 Å². The van der Waals surface area contributed by atoms with Gasteiger partial charge in [-0.2, -0.15) is 0 Å². The standard InChI is InChI=1S/C63H77N9O10S/c1-9-71-53-18-17-42-30-48(53)50(57(71)49-31-44(33-66-55(49)39(4)80-8)45-34-64-54(65-35-45)36-70-21-24-83(78,79)25-22-70)32-63(5,6)37-82-62(77)51-16-13-20-72(68-51)60(75)52(28-40-26-43(42)29-46(73)27-40)67-59(74)56(38(2)3)69(7)61(76)58-47(19-23-81-58)41-14-11-10-12-15-41/h10-12,14-15,17-18,26-27,29-31,33-35,38-39,47,51-52,56,58,68,73H,9,13,16,19-25,28,32,36-37H2,1-8H3,(H,67,74). The molecule has 3 aromatic heterocycles. The number of rotatable bonds is 13. The normalized spacial score (nSPS) is 22.0. The first-order valence-electron chi connectivity index (χ1n) is 28.9. The fourth-order valence-electron chi connectivity index (χ4n) is 12.4. The van der Waals surface area contributed by atoms with Crippen LogP contribution in [0.4, 0.5) is 0 Å². The number of nitrogens with one attached hydrogen (secondary N) is 2. The molecule has 440 valence electrons. The van der Waals surface area contributed by atoms with E-state index in [0.29, 0.717) is 81.1 Å². The quantitative estimate of drug-likeness (QED) is 0.0973. The van der Waals surface area contributed by atoms with Crippen molar-refractivity contribution in [2.24, 2.45) is 11.3 Å². The van der Waals surface area contributed by atoms with Crippen molar-refractivity contribution in [3.05, 3.63) is 120 Å². The smallest absolute Gasteiger partial charge is 0.324 e. The third kappa shape index (κ3) is 12.9. The number of hydrogen-bond donors (Lipinski definition) is 3. The van der Waals surface area contributed by atoms with Crippen molar-refractivity contribution >= 4 is 44.4 Å². The lowest BCUT2D eigenvalue weighted by Gasteiger charge is -2.37. The van der Waals surface area contributed by atoms with Crippen molar-refractivity contribution in [2.75, 3.05) is 58.5 Å². The molecule has 6 unspecified atom stereocenters. The molecule has 4 aliphatic heterocycles. The van der Waals surface area contributed by atoms with Crippen molar-refractivity contribution in [1.82, 2.24) is 45.1 Å². The number of benzene rings is 3. The number of hydrogen-bond acceptors (Lipinski definition) is 15. The Balaban J connectivity index is 1.03. The van der Waals surface area contributed by atoms with Crippen LogP contribution in [0, 0.1) is 11.3 Å². The van der Waals surface area contributed by atoms with E-state index < -0.39 is 63.4 Å². The van der Waals surface area contributed by atoms with Gasteiger partial charge in [0.15, 0.2) is 9.84 Å². The molecule has 0 saturated carbocycles. The summed E-state index contributed by atoms with van der Waals surface area (Å²) in [4.78, 5) is 76.5. The van der Waals surface area contributed by atoms with E-state index in [-0.39, 0.29) is 54.6 Å². The summed E-state index contributed by atoms with van der Waals surface area (Å²) in [6.07, 6.45) is 6.10. The highest BCUT2D eigenvalue weighted by Crippen LogP contribution is 2.44. The third-order valence-electron chi connectivity index (χ3n) is 16.8. The molecule has 3 saturated heterocycles. The molecule has 0 spiro atoms.